The largest absolute Gasteiger partial charge is 0.495 e. The molecule has 1 aromatic rings. The van der Waals surface area contributed by atoms with Crippen molar-refractivity contribution >= 4 is 5.69 Å². The first kappa shape index (κ1) is 12.8. The molecule has 1 unspecified atom stereocenters. The Kier molecular flexibility index (Phi) is 5.05. The van der Waals surface area contributed by atoms with Crippen LogP contribution in [-0.2, 0) is 0 Å². The van der Waals surface area contributed by atoms with Crippen molar-refractivity contribution in [3.63, 3.8) is 0 Å². The lowest BCUT2D eigenvalue weighted by atomic mass is 10.2. The van der Waals surface area contributed by atoms with Gasteiger partial charge in [0.2, 0.25) is 0 Å². The Balaban J connectivity index is 2.48. The molecule has 0 spiro atoms. The standard InChI is InChI=1S/C12H19FN2O/c1-9(14)4-3-7-15-11-8-10(13)5-6-12(11)16-2/h5-6,8-9,15H,3-4,7,14H2,1-2H3. The summed E-state index contributed by atoms with van der Waals surface area (Å²) >= 11 is 0. The number of nitrogens with two attached hydrogens (primary N) is 1. The number of hydrogen-bond acceptors (Lipinski definition) is 3. The van der Waals surface area contributed by atoms with E-state index in [1.54, 1.807) is 13.2 Å². The zero-order valence-electron chi connectivity index (χ0n) is 9.79. The predicted octanol–water partition coefficient (Wildman–Crippen LogP) is 2.37. The highest BCUT2D eigenvalue weighted by Gasteiger charge is 2.03. The van der Waals surface area contributed by atoms with E-state index in [9.17, 15) is 4.39 Å². The minimum Gasteiger partial charge on any atom is -0.495 e. The zero-order chi connectivity index (χ0) is 12.0. The van der Waals surface area contributed by atoms with E-state index >= 15 is 0 Å². The maximum absolute atomic E-state index is 13.0. The molecular formula is C12H19FN2O. The highest BCUT2D eigenvalue weighted by molar-refractivity contribution is 5.56. The molecule has 1 atom stereocenters. The third-order valence-electron chi connectivity index (χ3n) is 2.31. The molecule has 0 aliphatic rings. The second-order valence-corrected chi connectivity index (χ2v) is 3.89. The fourth-order valence-corrected chi connectivity index (χ4v) is 1.47. The van der Waals surface area contributed by atoms with Crippen molar-refractivity contribution in [3.05, 3.63) is 24.0 Å². The molecule has 0 heterocycles. The van der Waals surface area contributed by atoms with Crippen LogP contribution in [0, 0.1) is 5.82 Å². The van der Waals surface area contributed by atoms with Crippen LogP contribution in [-0.4, -0.2) is 19.7 Å². The molecule has 0 saturated heterocycles. The van der Waals surface area contributed by atoms with E-state index in [4.69, 9.17) is 10.5 Å². The van der Waals surface area contributed by atoms with Crippen LogP contribution in [0.1, 0.15) is 19.8 Å². The second-order valence-electron chi connectivity index (χ2n) is 3.89. The monoisotopic (exact) mass is 226 g/mol. The van der Waals surface area contributed by atoms with Crippen LogP contribution in [0.2, 0.25) is 0 Å². The maximum Gasteiger partial charge on any atom is 0.142 e. The van der Waals surface area contributed by atoms with E-state index < -0.39 is 0 Å². The predicted molar refractivity (Wildman–Crippen MR) is 64.3 cm³/mol. The highest BCUT2D eigenvalue weighted by atomic mass is 19.1. The number of hydrogen-bond donors (Lipinski definition) is 2. The van der Waals surface area contributed by atoms with Gasteiger partial charge < -0.3 is 15.8 Å². The van der Waals surface area contributed by atoms with Crippen LogP contribution in [0.25, 0.3) is 0 Å². The van der Waals surface area contributed by atoms with Crippen LogP contribution in [0.3, 0.4) is 0 Å². The fourth-order valence-electron chi connectivity index (χ4n) is 1.47. The van der Waals surface area contributed by atoms with Crippen molar-refractivity contribution in [1.82, 2.24) is 0 Å². The summed E-state index contributed by atoms with van der Waals surface area (Å²) in [6.07, 6.45) is 1.90. The summed E-state index contributed by atoms with van der Waals surface area (Å²) in [5.41, 5.74) is 6.33. The molecule has 0 saturated carbocycles. The van der Waals surface area contributed by atoms with Crippen LogP contribution in [0.5, 0.6) is 5.75 Å². The molecule has 0 aliphatic carbocycles. The average molecular weight is 226 g/mol. The average Bonchev–Trinajstić information content (AvgIpc) is 2.24. The quantitative estimate of drug-likeness (QED) is 0.732. The van der Waals surface area contributed by atoms with Gasteiger partial charge in [-0.1, -0.05) is 0 Å². The summed E-state index contributed by atoms with van der Waals surface area (Å²) in [6.45, 7) is 2.74. The summed E-state index contributed by atoms with van der Waals surface area (Å²) < 4.78 is 18.1. The molecular weight excluding hydrogens is 207 g/mol. The molecule has 0 bridgehead atoms. The Hall–Kier alpha value is -1.29. The molecule has 1 rings (SSSR count). The van der Waals surface area contributed by atoms with Gasteiger partial charge in [0.25, 0.3) is 0 Å². The number of ether oxygens (including phenoxy) is 1. The summed E-state index contributed by atoms with van der Waals surface area (Å²) in [5, 5.41) is 3.14. The molecule has 0 radical (unpaired) electrons. The lowest BCUT2D eigenvalue weighted by Crippen LogP contribution is -2.16. The fraction of sp³-hybridized carbons (Fsp3) is 0.500. The molecule has 3 N–H and O–H groups in total. The second kappa shape index (κ2) is 6.33. The minimum atomic E-state index is -0.268. The van der Waals surface area contributed by atoms with E-state index in [0.29, 0.717) is 11.4 Å². The Morgan fingerprint density at radius 2 is 2.25 bits per heavy atom. The number of rotatable bonds is 6. The molecule has 16 heavy (non-hydrogen) atoms. The minimum absolute atomic E-state index is 0.205. The summed E-state index contributed by atoms with van der Waals surface area (Å²) in [4.78, 5) is 0. The van der Waals surface area contributed by atoms with Crippen molar-refractivity contribution in [2.24, 2.45) is 5.73 Å². The SMILES string of the molecule is COc1ccc(F)cc1NCCCC(C)N. The Morgan fingerprint density at radius 1 is 1.50 bits per heavy atom. The lowest BCUT2D eigenvalue weighted by molar-refractivity contribution is 0.415. The zero-order valence-corrected chi connectivity index (χ0v) is 9.79. The molecule has 4 heteroatoms. The molecule has 3 nitrogen and oxygen atoms in total. The molecule has 0 aliphatic heterocycles. The first-order valence-corrected chi connectivity index (χ1v) is 5.46. The molecule has 1 aromatic carbocycles. The van der Waals surface area contributed by atoms with Crippen molar-refractivity contribution < 1.29 is 9.13 Å². The Morgan fingerprint density at radius 3 is 2.88 bits per heavy atom. The van der Waals surface area contributed by atoms with Gasteiger partial charge in [0.15, 0.2) is 0 Å². The van der Waals surface area contributed by atoms with Gasteiger partial charge in [-0.3, -0.25) is 0 Å². The van der Waals surface area contributed by atoms with Crippen molar-refractivity contribution in [2.45, 2.75) is 25.8 Å². The smallest absolute Gasteiger partial charge is 0.142 e. The maximum atomic E-state index is 13.0. The van der Waals surface area contributed by atoms with Gasteiger partial charge in [-0.05, 0) is 31.9 Å². The first-order chi connectivity index (χ1) is 7.63. The Bertz CT molecular complexity index is 329. The summed E-state index contributed by atoms with van der Waals surface area (Å²) in [5.74, 6) is 0.387. The van der Waals surface area contributed by atoms with Gasteiger partial charge >= 0.3 is 0 Å². The van der Waals surface area contributed by atoms with Gasteiger partial charge in [0.05, 0.1) is 12.8 Å². The molecule has 0 aromatic heterocycles. The van der Waals surface area contributed by atoms with Crippen LogP contribution < -0.4 is 15.8 Å². The van der Waals surface area contributed by atoms with Crippen molar-refractivity contribution in [3.8, 4) is 5.75 Å². The number of nitrogens with one attached hydrogen (secondary N) is 1. The summed E-state index contributed by atoms with van der Waals surface area (Å²) in [6, 6.07) is 4.64. The van der Waals surface area contributed by atoms with Gasteiger partial charge in [-0.15, -0.1) is 0 Å². The lowest BCUT2D eigenvalue weighted by Gasteiger charge is -2.11. The van der Waals surface area contributed by atoms with Crippen LogP contribution in [0.15, 0.2) is 18.2 Å². The third-order valence-corrected chi connectivity index (χ3v) is 2.31. The van der Waals surface area contributed by atoms with E-state index in [-0.39, 0.29) is 11.9 Å². The van der Waals surface area contributed by atoms with Gasteiger partial charge in [-0.25, -0.2) is 4.39 Å². The van der Waals surface area contributed by atoms with E-state index in [0.717, 1.165) is 19.4 Å². The number of benzene rings is 1. The number of methoxy groups -OCH3 is 1. The molecule has 0 fully saturated rings. The molecule has 0 amide bonds. The van der Waals surface area contributed by atoms with E-state index in [1.807, 2.05) is 6.92 Å². The van der Waals surface area contributed by atoms with Crippen LogP contribution in [0.4, 0.5) is 10.1 Å². The van der Waals surface area contributed by atoms with Crippen molar-refractivity contribution in [1.29, 1.82) is 0 Å². The van der Waals surface area contributed by atoms with E-state index in [2.05, 4.69) is 5.32 Å². The van der Waals surface area contributed by atoms with E-state index in [1.165, 1.54) is 12.1 Å². The topological polar surface area (TPSA) is 47.3 Å². The first-order valence-electron chi connectivity index (χ1n) is 5.46. The normalized spacial score (nSPS) is 12.2. The van der Waals surface area contributed by atoms with Gasteiger partial charge in [0, 0.05) is 18.7 Å². The Labute approximate surface area is 95.8 Å². The van der Waals surface area contributed by atoms with Gasteiger partial charge in [0.1, 0.15) is 11.6 Å². The van der Waals surface area contributed by atoms with Crippen LogP contribution >= 0.6 is 0 Å². The number of halogens is 1. The summed E-state index contributed by atoms with van der Waals surface area (Å²) in [7, 11) is 1.57. The van der Waals surface area contributed by atoms with Gasteiger partial charge in [-0.2, -0.15) is 0 Å². The number of anilines is 1. The molecule has 90 valence electrons. The third kappa shape index (κ3) is 4.06. The highest BCUT2D eigenvalue weighted by Crippen LogP contribution is 2.24. The van der Waals surface area contributed by atoms with Crippen molar-refractivity contribution in [2.75, 3.05) is 19.0 Å².